The van der Waals surface area contributed by atoms with E-state index in [1.807, 2.05) is 0 Å². The number of halogens is 2. The van der Waals surface area contributed by atoms with Crippen molar-refractivity contribution in [1.29, 1.82) is 0 Å². The lowest BCUT2D eigenvalue weighted by molar-refractivity contribution is 0.102. The van der Waals surface area contributed by atoms with Crippen LogP contribution in [0.5, 0.6) is 0 Å². The van der Waals surface area contributed by atoms with Gasteiger partial charge in [0.2, 0.25) is 11.9 Å². The number of H-pyrrole nitrogens is 1. The number of rotatable bonds is 2. The normalized spacial score (nSPS) is 10.1. The van der Waals surface area contributed by atoms with Crippen molar-refractivity contribution >= 4 is 11.6 Å². The number of hydrogen-bond acceptors (Lipinski definition) is 4. The average Bonchev–Trinajstić information content (AvgIpc) is 2.33. The molecule has 6 nitrogen and oxygen atoms in total. The highest BCUT2D eigenvalue weighted by molar-refractivity contribution is 6.02. The van der Waals surface area contributed by atoms with Crippen LogP contribution in [0.25, 0.3) is 0 Å². The van der Waals surface area contributed by atoms with Crippen LogP contribution >= 0.6 is 0 Å². The molecule has 0 atom stereocenters. The number of carbonyl (C=O) groups excluding carboxylic acids is 1. The van der Waals surface area contributed by atoms with Gasteiger partial charge in [-0.25, -0.2) is 5.10 Å². The highest BCUT2D eigenvalue weighted by Gasteiger charge is 2.12. The van der Waals surface area contributed by atoms with Gasteiger partial charge < -0.3 is 5.32 Å². The Balaban J connectivity index is 2.21. The molecule has 0 fully saturated rings. The fourth-order valence-electron chi connectivity index (χ4n) is 1.16. The van der Waals surface area contributed by atoms with Gasteiger partial charge >= 0.3 is 0 Å². The molecule has 2 rings (SSSR count). The van der Waals surface area contributed by atoms with E-state index in [0.717, 1.165) is 18.2 Å². The van der Waals surface area contributed by atoms with E-state index in [4.69, 9.17) is 0 Å². The predicted octanol–water partition coefficient (Wildman–Crippen LogP) is 0.695. The monoisotopic (exact) mass is 252 g/mol. The third-order valence-corrected chi connectivity index (χ3v) is 1.97. The zero-order valence-electron chi connectivity index (χ0n) is 8.78. The predicted molar refractivity (Wildman–Crippen MR) is 57.0 cm³/mol. The van der Waals surface area contributed by atoms with E-state index in [1.54, 1.807) is 0 Å². The minimum Gasteiger partial charge on any atom is -0.317 e. The molecule has 0 aliphatic carbocycles. The second-order valence-electron chi connectivity index (χ2n) is 3.23. The van der Waals surface area contributed by atoms with Crippen LogP contribution in [-0.4, -0.2) is 21.1 Å². The summed E-state index contributed by atoms with van der Waals surface area (Å²) < 4.78 is 25.7. The topological polar surface area (TPSA) is 87.7 Å². The van der Waals surface area contributed by atoms with Crippen molar-refractivity contribution in [2.75, 3.05) is 5.32 Å². The van der Waals surface area contributed by atoms with Crippen LogP contribution < -0.4 is 10.9 Å². The van der Waals surface area contributed by atoms with Crippen molar-refractivity contribution in [2.24, 2.45) is 0 Å². The van der Waals surface area contributed by atoms with E-state index in [1.165, 1.54) is 6.07 Å². The first-order valence-corrected chi connectivity index (χ1v) is 4.75. The summed E-state index contributed by atoms with van der Waals surface area (Å²) in [5, 5.41) is 7.66. The fraction of sp³-hybridized carbons (Fsp3) is 0. The second kappa shape index (κ2) is 4.70. The van der Waals surface area contributed by atoms with Gasteiger partial charge in [-0.15, -0.1) is 0 Å². The zero-order chi connectivity index (χ0) is 13.1. The van der Waals surface area contributed by atoms with E-state index in [9.17, 15) is 18.4 Å². The minimum absolute atomic E-state index is 0.113. The quantitative estimate of drug-likeness (QED) is 0.770. The van der Waals surface area contributed by atoms with Crippen LogP contribution in [-0.2, 0) is 0 Å². The number of aromatic amines is 1. The molecule has 0 aliphatic rings. The Morgan fingerprint density at radius 2 is 2.00 bits per heavy atom. The molecule has 2 N–H and O–H groups in total. The summed E-state index contributed by atoms with van der Waals surface area (Å²) in [6, 6.07) is 4.20. The summed E-state index contributed by atoms with van der Waals surface area (Å²) in [6.45, 7) is 0. The van der Waals surface area contributed by atoms with Crippen LogP contribution in [0, 0.1) is 11.9 Å². The molecule has 0 saturated carbocycles. The van der Waals surface area contributed by atoms with Crippen LogP contribution in [0.1, 0.15) is 10.5 Å². The Labute approximate surface area is 98.7 Å². The van der Waals surface area contributed by atoms with Crippen LogP contribution in [0.2, 0.25) is 0 Å². The van der Waals surface area contributed by atoms with Crippen molar-refractivity contribution in [3.63, 3.8) is 0 Å². The third-order valence-electron chi connectivity index (χ3n) is 1.97. The number of hydrogen-bond donors (Lipinski definition) is 2. The number of aromatic nitrogens is 3. The van der Waals surface area contributed by atoms with E-state index in [0.29, 0.717) is 0 Å². The number of nitrogens with zero attached hydrogens (tertiary/aromatic N) is 2. The Morgan fingerprint density at radius 1 is 1.22 bits per heavy atom. The number of amides is 1. The molecule has 0 spiro atoms. The van der Waals surface area contributed by atoms with Gasteiger partial charge in [0.05, 0.1) is 5.69 Å². The maximum Gasteiger partial charge on any atom is 0.276 e. The second-order valence-corrected chi connectivity index (χ2v) is 3.23. The molecule has 0 aliphatic heterocycles. The lowest BCUT2D eigenvalue weighted by atomic mass is 10.3. The van der Waals surface area contributed by atoms with Crippen molar-refractivity contribution in [3.8, 4) is 0 Å². The zero-order valence-corrected chi connectivity index (χ0v) is 8.78. The maximum atomic E-state index is 13.1. The van der Waals surface area contributed by atoms with Gasteiger partial charge in [-0.1, -0.05) is 0 Å². The Morgan fingerprint density at radius 3 is 2.61 bits per heavy atom. The maximum absolute atomic E-state index is 13.1. The van der Waals surface area contributed by atoms with Crippen LogP contribution in [0.15, 0.2) is 29.1 Å². The van der Waals surface area contributed by atoms with Gasteiger partial charge in [0.25, 0.3) is 11.5 Å². The van der Waals surface area contributed by atoms with E-state index in [2.05, 4.69) is 20.5 Å². The molecular formula is C10H6F2N4O2. The van der Waals surface area contributed by atoms with E-state index < -0.39 is 23.4 Å². The molecule has 0 saturated heterocycles. The van der Waals surface area contributed by atoms with E-state index >= 15 is 0 Å². The molecular weight excluding hydrogens is 246 g/mol. The standard InChI is InChI=1S/C10H6F2N4O2/c11-7-3-1-5(9(12)14-7)13-10(18)6-2-4-8(17)16-15-6/h1-4H,(H,13,18)(H,16,17). The largest absolute Gasteiger partial charge is 0.317 e. The summed E-state index contributed by atoms with van der Waals surface area (Å²) in [4.78, 5) is 25.2. The number of pyridine rings is 1. The average molecular weight is 252 g/mol. The molecule has 2 aromatic rings. The first kappa shape index (κ1) is 11.8. The first-order valence-electron chi connectivity index (χ1n) is 4.75. The van der Waals surface area contributed by atoms with Gasteiger partial charge in [0.1, 0.15) is 5.69 Å². The highest BCUT2D eigenvalue weighted by Crippen LogP contribution is 2.12. The SMILES string of the molecule is O=C(Nc1ccc(F)nc1F)c1ccc(=O)[nH]n1. The lowest BCUT2D eigenvalue weighted by Crippen LogP contribution is -2.18. The molecule has 8 heteroatoms. The van der Waals surface area contributed by atoms with E-state index in [-0.39, 0.29) is 11.4 Å². The molecule has 2 aromatic heterocycles. The number of anilines is 1. The Kier molecular flexibility index (Phi) is 3.09. The van der Waals surface area contributed by atoms with Crippen molar-refractivity contribution in [2.45, 2.75) is 0 Å². The molecule has 2 heterocycles. The number of carbonyl (C=O) groups is 1. The summed E-state index contributed by atoms with van der Waals surface area (Å²) in [6.07, 6.45) is 0. The fourth-order valence-corrected chi connectivity index (χ4v) is 1.16. The van der Waals surface area contributed by atoms with Crippen molar-refractivity contribution in [1.82, 2.24) is 15.2 Å². The van der Waals surface area contributed by atoms with Gasteiger partial charge in [-0.05, 0) is 18.2 Å². The summed E-state index contributed by atoms with van der Waals surface area (Å²) in [5.41, 5.74) is -0.867. The van der Waals surface area contributed by atoms with Gasteiger partial charge in [0, 0.05) is 6.07 Å². The van der Waals surface area contributed by atoms with Crippen LogP contribution in [0.4, 0.5) is 14.5 Å². The van der Waals surface area contributed by atoms with Crippen molar-refractivity contribution < 1.29 is 13.6 Å². The molecule has 0 bridgehead atoms. The molecule has 1 amide bonds. The van der Waals surface area contributed by atoms with Gasteiger partial charge in [-0.2, -0.15) is 18.9 Å². The third kappa shape index (κ3) is 2.54. The summed E-state index contributed by atoms with van der Waals surface area (Å²) in [5.74, 6) is -2.89. The van der Waals surface area contributed by atoms with Crippen molar-refractivity contribution in [3.05, 3.63) is 52.2 Å². The van der Waals surface area contributed by atoms with Gasteiger partial charge in [0.15, 0.2) is 0 Å². The highest BCUT2D eigenvalue weighted by atomic mass is 19.1. The van der Waals surface area contributed by atoms with Gasteiger partial charge in [-0.3, -0.25) is 9.59 Å². The smallest absolute Gasteiger partial charge is 0.276 e. The molecule has 18 heavy (non-hydrogen) atoms. The Hall–Kier alpha value is -2.64. The number of nitrogens with one attached hydrogen (secondary N) is 2. The summed E-state index contributed by atoms with van der Waals surface area (Å²) in [7, 11) is 0. The lowest BCUT2D eigenvalue weighted by Gasteiger charge is -2.04. The van der Waals surface area contributed by atoms with Crippen LogP contribution in [0.3, 0.4) is 0 Å². The molecule has 0 aromatic carbocycles. The first-order chi connectivity index (χ1) is 8.56. The summed E-state index contributed by atoms with van der Waals surface area (Å²) >= 11 is 0. The molecule has 0 unspecified atom stereocenters. The Bertz CT molecular complexity index is 636. The molecule has 0 radical (unpaired) electrons. The minimum atomic E-state index is -1.15. The molecule has 92 valence electrons.